The molecular formula is C15H22O2. The maximum atomic E-state index is 11.7. The predicted molar refractivity (Wildman–Crippen MR) is 69.7 cm³/mol. The summed E-state index contributed by atoms with van der Waals surface area (Å²) in [5.41, 5.74) is 0.696. The van der Waals surface area contributed by atoms with Gasteiger partial charge in [0.2, 0.25) is 0 Å². The number of rotatable bonds is 7. The zero-order valence-electron chi connectivity index (χ0n) is 10.7. The second kappa shape index (κ2) is 7.23. The van der Waals surface area contributed by atoms with E-state index in [1.807, 2.05) is 18.2 Å². The number of ketones is 1. The first-order valence-electron chi connectivity index (χ1n) is 6.37. The Morgan fingerprint density at radius 1 is 1.18 bits per heavy atom. The van der Waals surface area contributed by atoms with Crippen molar-refractivity contribution in [2.75, 3.05) is 0 Å². The van der Waals surface area contributed by atoms with E-state index in [0.717, 1.165) is 19.3 Å². The van der Waals surface area contributed by atoms with Crippen molar-refractivity contribution in [2.24, 2.45) is 5.92 Å². The molecule has 1 unspecified atom stereocenters. The van der Waals surface area contributed by atoms with Crippen LogP contribution in [0.3, 0.4) is 0 Å². The molecule has 0 bridgehead atoms. The molecular weight excluding hydrogens is 212 g/mol. The first-order valence-corrected chi connectivity index (χ1v) is 6.37. The van der Waals surface area contributed by atoms with Gasteiger partial charge in [-0.1, -0.05) is 57.0 Å². The van der Waals surface area contributed by atoms with Gasteiger partial charge in [0.1, 0.15) is 6.10 Å². The van der Waals surface area contributed by atoms with E-state index in [4.69, 9.17) is 0 Å². The van der Waals surface area contributed by atoms with Gasteiger partial charge in [0.05, 0.1) is 0 Å². The van der Waals surface area contributed by atoms with Crippen molar-refractivity contribution < 1.29 is 9.90 Å². The van der Waals surface area contributed by atoms with Crippen LogP contribution in [-0.2, 0) is 4.79 Å². The molecule has 0 amide bonds. The molecule has 2 heteroatoms. The van der Waals surface area contributed by atoms with Crippen LogP contribution >= 0.6 is 0 Å². The van der Waals surface area contributed by atoms with Crippen LogP contribution < -0.4 is 0 Å². The summed E-state index contributed by atoms with van der Waals surface area (Å²) in [5.74, 6) is 0.615. The molecule has 0 aromatic heterocycles. The van der Waals surface area contributed by atoms with Crippen molar-refractivity contribution in [3.05, 3.63) is 35.9 Å². The summed E-state index contributed by atoms with van der Waals surface area (Å²) < 4.78 is 0. The minimum absolute atomic E-state index is 0.0695. The number of aliphatic hydroxyl groups is 1. The van der Waals surface area contributed by atoms with Crippen LogP contribution in [0.1, 0.15) is 51.2 Å². The van der Waals surface area contributed by atoms with Gasteiger partial charge in [0.25, 0.3) is 0 Å². The number of Topliss-reactive ketones (excluding diaryl/α,β-unsaturated/α-hetero) is 1. The lowest BCUT2D eigenvalue weighted by molar-refractivity contribution is -0.127. The Hall–Kier alpha value is -1.15. The third-order valence-electron chi connectivity index (χ3n) is 2.87. The van der Waals surface area contributed by atoms with Gasteiger partial charge in [-0.2, -0.15) is 0 Å². The first-order chi connectivity index (χ1) is 8.11. The van der Waals surface area contributed by atoms with E-state index in [2.05, 4.69) is 13.8 Å². The van der Waals surface area contributed by atoms with E-state index in [-0.39, 0.29) is 5.78 Å². The van der Waals surface area contributed by atoms with Crippen LogP contribution in [0.15, 0.2) is 30.3 Å². The molecule has 94 valence electrons. The lowest BCUT2D eigenvalue weighted by Crippen LogP contribution is -2.11. The fourth-order valence-electron chi connectivity index (χ4n) is 1.81. The molecule has 1 atom stereocenters. The monoisotopic (exact) mass is 234 g/mol. The third-order valence-corrected chi connectivity index (χ3v) is 2.87. The summed E-state index contributed by atoms with van der Waals surface area (Å²) in [4.78, 5) is 11.7. The lowest BCUT2D eigenvalue weighted by Gasteiger charge is -2.10. The fraction of sp³-hybridized carbons (Fsp3) is 0.533. The largest absolute Gasteiger partial charge is 0.381 e. The molecule has 1 N–H and O–H groups in total. The second-order valence-corrected chi connectivity index (χ2v) is 4.92. The van der Waals surface area contributed by atoms with E-state index < -0.39 is 6.10 Å². The van der Waals surface area contributed by atoms with Gasteiger partial charge in [-0.15, -0.1) is 0 Å². The Labute approximate surface area is 104 Å². The highest BCUT2D eigenvalue weighted by molar-refractivity contribution is 5.84. The number of hydrogen-bond acceptors (Lipinski definition) is 2. The zero-order valence-corrected chi connectivity index (χ0v) is 10.7. The van der Waals surface area contributed by atoms with E-state index in [9.17, 15) is 9.90 Å². The molecule has 0 radical (unpaired) electrons. The molecule has 1 aromatic carbocycles. The van der Waals surface area contributed by atoms with Crippen molar-refractivity contribution in [2.45, 2.75) is 45.6 Å². The van der Waals surface area contributed by atoms with Crippen LogP contribution in [0.4, 0.5) is 0 Å². The minimum atomic E-state index is -0.949. The van der Waals surface area contributed by atoms with Gasteiger partial charge in [0.15, 0.2) is 5.78 Å². The second-order valence-electron chi connectivity index (χ2n) is 4.92. The van der Waals surface area contributed by atoms with Crippen LogP contribution in [0.2, 0.25) is 0 Å². The average molecular weight is 234 g/mol. The molecule has 1 aromatic rings. The molecule has 0 fully saturated rings. The van der Waals surface area contributed by atoms with Crippen molar-refractivity contribution in [1.82, 2.24) is 0 Å². The normalized spacial score (nSPS) is 12.7. The summed E-state index contributed by atoms with van der Waals surface area (Å²) in [6.07, 6.45) is 2.61. The highest BCUT2D eigenvalue weighted by Gasteiger charge is 2.15. The van der Waals surface area contributed by atoms with Gasteiger partial charge in [-0.05, 0) is 17.9 Å². The maximum Gasteiger partial charge on any atom is 0.165 e. The SMILES string of the molecule is CC(C)CCCCC(=O)C(O)c1ccccc1. The van der Waals surface area contributed by atoms with Crippen molar-refractivity contribution >= 4 is 5.78 Å². The molecule has 0 aliphatic rings. The lowest BCUT2D eigenvalue weighted by atomic mass is 9.99. The van der Waals surface area contributed by atoms with Gasteiger partial charge in [-0.25, -0.2) is 0 Å². The topological polar surface area (TPSA) is 37.3 Å². The number of unbranched alkanes of at least 4 members (excludes halogenated alkanes) is 1. The van der Waals surface area contributed by atoms with Gasteiger partial charge in [-0.3, -0.25) is 4.79 Å². The minimum Gasteiger partial charge on any atom is -0.381 e. The van der Waals surface area contributed by atoms with E-state index >= 15 is 0 Å². The Morgan fingerprint density at radius 3 is 2.41 bits per heavy atom. The van der Waals surface area contributed by atoms with E-state index in [1.165, 1.54) is 0 Å². The van der Waals surface area contributed by atoms with Crippen molar-refractivity contribution in [3.63, 3.8) is 0 Å². The molecule has 0 aliphatic heterocycles. The number of carbonyl (C=O) groups excluding carboxylic acids is 1. The van der Waals surface area contributed by atoms with Crippen molar-refractivity contribution in [1.29, 1.82) is 0 Å². The Morgan fingerprint density at radius 2 is 1.82 bits per heavy atom. The smallest absolute Gasteiger partial charge is 0.165 e. The number of hydrogen-bond donors (Lipinski definition) is 1. The van der Waals surface area contributed by atoms with E-state index in [0.29, 0.717) is 17.9 Å². The van der Waals surface area contributed by atoms with Gasteiger partial charge >= 0.3 is 0 Å². The highest BCUT2D eigenvalue weighted by atomic mass is 16.3. The fourth-order valence-corrected chi connectivity index (χ4v) is 1.81. The van der Waals surface area contributed by atoms with Crippen LogP contribution in [0, 0.1) is 5.92 Å². The predicted octanol–water partition coefficient (Wildman–Crippen LogP) is 3.51. The first kappa shape index (κ1) is 13.9. The summed E-state index contributed by atoms with van der Waals surface area (Å²) >= 11 is 0. The van der Waals surface area contributed by atoms with Crippen molar-refractivity contribution in [3.8, 4) is 0 Å². The Bertz CT molecular complexity index is 330. The molecule has 0 saturated heterocycles. The summed E-state index contributed by atoms with van der Waals surface area (Å²) in [6.45, 7) is 4.36. The van der Waals surface area contributed by atoms with Crippen LogP contribution in [0.5, 0.6) is 0 Å². The molecule has 0 saturated carbocycles. The zero-order chi connectivity index (χ0) is 12.7. The third kappa shape index (κ3) is 5.14. The van der Waals surface area contributed by atoms with Gasteiger partial charge < -0.3 is 5.11 Å². The summed E-state index contributed by atoms with van der Waals surface area (Å²) in [6, 6.07) is 9.13. The summed E-state index contributed by atoms with van der Waals surface area (Å²) in [5, 5.41) is 9.85. The highest BCUT2D eigenvalue weighted by Crippen LogP contribution is 2.17. The average Bonchev–Trinajstić information content (AvgIpc) is 2.34. The standard InChI is InChI=1S/C15H22O2/c1-12(2)8-6-7-11-14(16)15(17)13-9-4-3-5-10-13/h3-5,9-10,12,15,17H,6-8,11H2,1-2H3. The quantitative estimate of drug-likeness (QED) is 0.733. The summed E-state index contributed by atoms with van der Waals surface area (Å²) in [7, 11) is 0. The molecule has 17 heavy (non-hydrogen) atoms. The molecule has 0 aliphatic carbocycles. The Kier molecular flexibility index (Phi) is 5.92. The van der Waals surface area contributed by atoms with Crippen LogP contribution in [0.25, 0.3) is 0 Å². The number of carbonyl (C=O) groups is 1. The van der Waals surface area contributed by atoms with Gasteiger partial charge in [0, 0.05) is 6.42 Å². The Balaban J connectivity index is 2.33. The number of benzene rings is 1. The van der Waals surface area contributed by atoms with Crippen LogP contribution in [-0.4, -0.2) is 10.9 Å². The number of aliphatic hydroxyl groups excluding tert-OH is 1. The molecule has 2 nitrogen and oxygen atoms in total. The van der Waals surface area contributed by atoms with E-state index in [1.54, 1.807) is 12.1 Å². The maximum absolute atomic E-state index is 11.7. The molecule has 1 rings (SSSR count). The molecule has 0 spiro atoms. The molecule has 0 heterocycles.